The highest BCUT2D eigenvalue weighted by Gasteiger charge is 2.44. The maximum Gasteiger partial charge on any atom is 0.325 e. The Hall–Kier alpha value is -1.64. The van der Waals surface area contributed by atoms with Crippen LogP contribution in [0.2, 0.25) is 0 Å². The van der Waals surface area contributed by atoms with Gasteiger partial charge in [0.25, 0.3) is 5.91 Å². The zero-order valence-electron chi connectivity index (χ0n) is 15.3. The molecule has 9 heteroatoms. The number of carbonyl (C=O) groups is 3. The number of nitrogens with one attached hydrogen (secondary N) is 1. The summed E-state index contributed by atoms with van der Waals surface area (Å²) in [5.74, 6) is -0.704. The molecule has 0 aromatic heterocycles. The number of rotatable bonds is 5. The van der Waals surface area contributed by atoms with Crippen LogP contribution in [0.4, 0.5) is 4.79 Å². The third kappa shape index (κ3) is 3.72. The van der Waals surface area contributed by atoms with E-state index in [9.17, 15) is 22.8 Å². The number of urea groups is 1. The van der Waals surface area contributed by atoms with Crippen LogP contribution in [0.5, 0.6) is 0 Å². The van der Waals surface area contributed by atoms with Crippen molar-refractivity contribution in [2.24, 2.45) is 5.92 Å². The fourth-order valence-electron chi connectivity index (χ4n) is 4.24. The Morgan fingerprint density at radius 2 is 1.85 bits per heavy atom. The van der Waals surface area contributed by atoms with E-state index >= 15 is 0 Å². The summed E-state index contributed by atoms with van der Waals surface area (Å²) < 4.78 is 23.8. The normalized spacial score (nSPS) is 28.8. The molecule has 0 aromatic carbocycles. The molecule has 2 heterocycles. The molecule has 1 aliphatic carbocycles. The second-order valence-corrected chi connectivity index (χ2v) is 10.1. The van der Waals surface area contributed by atoms with Crippen LogP contribution in [0, 0.1) is 5.92 Å². The lowest BCUT2D eigenvalue weighted by Crippen LogP contribution is -2.51. The molecule has 8 nitrogen and oxygen atoms in total. The highest BCUT2D eigenvalue weighted by Crippen LogP contribution is 2.29. The average molecular weight is 385 g/mol. The molecule has 2 saturated heterocycles. The van der Waals surface area contributed by atoms with Crippen molar-refractivity contribution in [2.75, 3.05) is 18.1 Å². The molecule has 146 valence electrons. The van der Waals surface area contributed by atoms with Gasteiger partial charge >= 0.3 is 6.03 Å². The van der Waals surface area contributed by atoms with Gasteiger partial charge < -0.3 is 10.2 Å². The van der Waals surface area contributed by atoms with E-state index in [1.807, 2.05) is 13.8 Å². The van der Waals surface area contributed by atoms with Crippen LogP contribution in [-0.4, -0.2) is 72.2 Å². The first-order chi connectivity index (χ1) is 12.2. The highest BCUT2D eigenvalue weighted by atomic mass is 32.2. The number of carbonyl (C=O) groups excluding carboxylic acids is 3. The van der Waals surface area contributed by atoms with E-state index < -0.39 is 21.9 Å². The Kier molecular flexibility index (Phi) is 5.28. The monoisotopic (exact) mass is 385 g/mol. The maximum atomic E-state index is 13.0. The molecule has 3 aliphatic rings. The topological polar surface area (TPSA) is 104 Å². The number of imide groups is 1. The molecule has 1 N–H and O–H groups in total. The molecular weight excluding hydrogens is 358 g/mol. The highest BCUT2D eigenvalue weighted by molar-refractivity contribution is 7.91. The smallest absolute Gasteiger partial charge is 0.325 e. The van der Waals surface area contributed by atoms with Gasteiger partial charge in [-0.15, -0.1) is 0 Å². The zero-order chi connectivity index (χ0) is 19.1. The molecule has 3 rings (SSSR count). The first-order valence-electron chi connectivity index (χ1n) is 9.33. The first kappa shape index (κ1) is 19.1. The molecule has 0 spiro atoms. The lowest BCUT2D eigenvalue weighted by molar-refractivity contribution is -0.140. The molecule has 4 amide bonds. The van der Waals surface area contributed by atoms with Gasteiger partial charge in [-0.05, 0) is 25.2 Å². The van der Waals surface area contributed by atoms with Crippen LogP contribution in [0.1, 0.15) is 46.0 Å². The predicted octanol–water partition coefficient (Wildman–Crippen LogP) is 0.521. The van der Waals surface area contributed by atoms with E-state index in [0.717, 1.165) is 30.6 Å². The standard InChI is InChI=1S/C17H27N3O5S/c1-11(2)15-16(22)19(17(23)18-15)9-14(21)20(12-5-3-4-6-12)13-7-8-26(24,25)10-13/h11-13,15H,3-10H2,1-2H3,(H,18,23)/t13-,15-/m0/s1. The van der Waals surface area contributed by atoms with E-state index in [0.29, 0.717) is 6.42 Å². The Morgan fingerprint density at radius 3 is 2.35 bits per heavy atom. The molecule has 0 unspecified atom stereocenters. The van der Waals surface area contributed by atoms with Crippen molar-refractivity contribution in [1.29, 1.82) is 0 Å². The van der Waals surface area contributed by atoms with Crippen LogP contribution in [0.15, 0.2) is 0 Å². The van der Waals surface area contributed by atoms with Gasteiger partial charge in [0.2, 0.25) is 5.91 Å². The number of amides is 4. The summed E-state index contributed by atoms with van der Waals surface area (Å²) in [5, 5.41) is 2.62. The van der Waals surface area contributed by atoms with Crippen molar-refractivity contribution in [1.82, 2.24) is 15.1 Å². The van der Waals surface area contributed by atoms with E-state index in [-0.39, 0.29) is 47.9 Å². The Morgan fingerprint density at radius 1 is 1.19 bits per heavy atom. The van der Waals surface area contributed by atoms with Gasteiger partial charge in [-0.25, -0.2) is 13.2 Å². The van der Waals surface area contributed by atoms with Crippen molar-refractivity contribution in [3.63, 3.8) is 0 Å². The van der Waals surface area contributed by atoms with Gasteiger partial charge in [0.05, 0.1) is 11.5 Å². The van der Waals surface area contributed by atoms with Gasteiger partial charge in [0.1, 0.15) is 12.6 Å². The number of hydrogen-bond acceptors (Lipinski definition) is 5. The van der Waals surface area contributed by atoms with Crippen molar-refractivity contribution >= 4 is 27.7 Å². The van der Waals surface area contributed by atoms with Crippen molar-refractivity contribution in [3.8, 4) is 0 Å². The van der Waals surface area contributed by atoms with E-state index in [1.165, 1.54) is 0 Å². The predicted molar refractivity (Wildman–Crippen MR) is 95.0 cm³/mol. The van der Waals surface area contributed by atoms with Crippen LogP contribution in [0.3, 0.4) is 0 Å². The third-order valence-corrected chi connectivity index (χ3v) is 7.37. The van der Waals surface area contributed by atoms with E-state index in [2.05, 4.69) is 5.32 Å². The van der Waals surface area contributed by atoms with Crippen LogP contribution in [-0.2, 0) is 19.4 Å². The van der Waals surface area contributed by atoms with Crippen molar-refractivity contribution in [3.05, 3.63) is 0 Å². The lowest BCUT2D eigenvalue weighted by Gasteiger charge is -2.34. The molecule has 0 bridgehead atoms. The molecule has 2 atom stereocenters. The van der Waals surface area contributed by atoms with Crippen LogP contribution >= 0.6 is 0 Å². The number of hydrogen-bond donors (Lipinski definition) is 1. The van der Waals surface area contributed by atoms with Gasteiger partial charge in [0, 0.05) is 12.1 Å². The van der Waals surface area contributed by atoms with Gasteiger partial charge in [0.15, 0.2) is 9.84 Å². The summed E-state index contributed by atoms with van der Waals surface area (Å²) in [6.07, 6.45) is 4.13. The summed E-state index contributed by atoms with van der Waals surface area (Å²) in [4.78, 5) is 40.2. The SMILES string of the molecule is CC(C)[C@@H]1NC(=O)N(CC(=O)N(C2CCCC2)[C@H]2CCS(=O)(=O)C2)C1=O. The fraction of sp³-hybridized carbons (Fsp3) is 0.824. The quantitative estimate of drug-likeness (QED) is 0.695. The summed E-state index contributed by atoms with van der Waals surface area (Å²) >= 11 is 0. The van der Waals surface area contributed by atoms with Crippen molar-refractivity contribution < 1.29 is 22.8 Å². The fourth-order valence-corrected chi connectivity index (χ4v) is 5.95. The first-order valence-corrected chi connectivity index (χ1v) is 11.1. The Balaban J connectivity index is 1.76. The third-order valence-electron chi connectivity index (χ3n) is 5.62. The lowest BCUT2D eigenvalue weighted by atomic mass is 10.1. The number of nitrogens with zero attached hydrogens (tertiary/aromatic N) is 2. The van der Waals surface area contributed by atoms with Gasteiger partial charge in [-0.2, -0.15) is 0 Å². The minimum absolute atomic E-state index is 0.00228. The summed E-state index contributed by atoms with van der Waals surface area (Å²) in [6, 6.07) is -1.51. The second-order valence-electron chi connectivity index (χ2n) is 7.89. The van der Waals surface area contributed by atoms with E-state index in [4.69, 9.17) is 0 Å². The maximum absolute atomic E-state index is 13.0. The molecule has 26 heavy (non-hydrogen) atoms. The zero-order valence-corrected chi connectivity index (χ0v) is 16.1. The van der Waals surface area contributed by atoms with Crippen molar-refractivity contribution in [2.45, 2.75) is 64.1 Å². The van der Waals surface area contributed by atoms with Crippen LogP contribution in [0.25, 0.3) is 0 Å². The molecule has 0 radical (unpaired) electrons. The summed E-state index contributed by atoms with van der Waals surface area (Å²) in [6.45, 7) is 3.35. The summed E-state index contributed by atoms with van der Waals surface area (Å²) in [5.41, 5.74) is 0. The summed E-state index contributed by atoms with van der Waals surface area (Å²) in [7, 11) is -3.13. The molecular formula is C17H27N3O5S. The minimum Gasteiger partial charge on any atom is -0.334 e. The average Bonchev–Trinajstić information content (AvgIpc) is 3.24. The molecule has 0 aromatic rings. The van der Waals surface area contributed by atoms with E-state index in [1.54, 1.807) is 4.90 Å². The molecule has 3 fully saturated rings. The Labute approximate surface area is 154 Å². The number of sulfone groups is 1. The largest absolute Gasteiger partial charge is 0.334 e. The van der Waals surface area contributed by atoms with Gasteiger partial charge in [-0.3, -0.25) is 14.5 Å². The van der Waals surface area contributed by atoms with Gasteiger partial charge in [-0.1, -0.05) is 26.7 Å². The molecule has 2 aliphatic heterocycles. The van der Waals surface area contributed by atoms with Crippen LogP contribution < -0.4 is 5.32 Å². The molecule has 1 saturated carbocycles. The minimum atomic E-state index is -3.13. The Bertz CT molecular complexity index is 699. The second kappa shape index (κ2) is 7.17.